The molecule has 0 radical (unpaired) electrons. The molecule has 0 spiro atoms. The molecule has 0 saturated carbocycles. The fraction of sp³-hybridized carbons (Fsp3) is 0.0909. The molecule has 1 saturated heterocycles. The fourth-order valence-corrected chi connectivity index (χ4v) is 3.02. The van der Waals surface area contributed by atoms with E-state index in [9.17, 15) is 14.4 Å². The van der Waals surface area contributed by atoms with Crippen LogP contribution in [0.1, 0.15) is 0 Å². The highest BCUT2D eigenvalue weighted by Gasteiger charge is 2.38. The van der Waals surface area contributed by atoms with Crippen molar-refractivity contribution in [1.29, 1.82) is 0 Å². The van der Waals surface area contributed by atoms with Gasteiger partial charge >= 0.3 is 0 Å². The van der Waals surface area contributed by atoms with Crippen LogP contribution >= 0.6 is 47.2 Å². The van der Waals surface area contributed by atoms with E-state index in [0.717, 1.165) is 11.8 Å². The van der Waals surface area contributed by atoms with Crippen molar-refractivity contribution in [3.05, 3.63) is 28.2 Å². The number of amides is 2. The number of carbonyl (C=O) groups is 3. The highest BCUT2D eigenvalue weighted by Crippen LogP contribution is 2.26. The van der Waals surface area contributed by atoms with Gasteiger partial charge in [-0.3, -0.25) is 14.4 Å². The topological polar surface area (TPSA) is 75.3 Å². The predicted octanol–water partition coefficient (Wildman–Crippen LogP) is 2.02. The lowest BCUT2D eigenvalue weighted by Gasteiger charge is -2.08. The number of hydrogen-bond acceptors (Lipinski definition) is 5. The molecular formula is C11H6Cl2N2O3S2. The average molecular weight is 349 g/mol. The van der Waals surface area contributed by atoms with E-state index in [0.29, 0.717) is 5.02 Å². The largest absolute Gasteiger partial charge is 0.318 e. The Morgan fingerprint density at radius 1 is 1.35 bits per heavy atom. The van der Waals surface area contributed by atoms with Gasteiger partial charge in [-0.25, -0.2) is 0 Å². The third-order valence-electron chi connectivity index (χ3n) is 2.33. The van der Waals surface area contributed by atoms with E-state index in [-0.39, 0.29) is 15.0 Å². The number of thiocarbonyl (C=S) groups is 1. The molecule has 104 valence electrons. The highest BCUT2D eigenvalue weighted by molar-refractivity contribution is 8.25. The molecule has 9 heteroatoms. The fourth-order valence-electron chi connectivity index (χ4n) is 1.42. The molecule has 2 N–H and O–H groups in total. The van der Waals surface area contributed by atoms with Gasteiger partial charge in [-0.2, -0.15) is 0 Å². The molecular weight excluding hydrogens is 343 g/mol. The zero-order chi connectivity index (χ0) is 14.9. The third kappa shape index (κ3) is 3.29. The van der Waals surface area contributed by atoms with Gasteiger partial charge in [0, 0.05) is 5.02 Å². The average Bonchev–Trinajstić information content (AvgIpc) is 2.71. The van der Waals surface area contributed by atoms with Crippen molar-refractivity contribution in [3.8, 4) is 0 Å². The SMILES string of the molecule is O=C(Nc1ccc(Cl)cc1Cl)C(=O)[C@@H]1SC(=S)NC1=O. The number of benzene rings is 1. The number of Topliss-reactive ketones (excluding diaryl/α,β-unsaturated/α-hetero) is 1. The van der Waals surface area contributed by atoms with Crippen molar-refractivity contribution >= 4 is 74.8 Å². The number of nitrogens with one attached hydrogen (secondary N) is 2. The Labute approximate surface area is 133 Å². The molecule has 1 heterocycles. The predicted molar refractivity (Wildman–Crippen MR) is 82.2 cm³/mol. The molecule has 0 bridgehead atoms. The molecule has 1 aliphatic rings. The Hall–Kier alpha value is -1.15. The van der Waals surface area contributed by atoms with Crippen LogP contribution in [0.3, 0.4) is 0 Å². The maximum atomic E-state index is 11.9. The summed E-state index contributed by atoms with van der Waals surface area (Å²) in [5.41, 5.74) is 0.236. The van der Waals surface area contributed by atoms with E-state index in [2.05, 4.69) is 10.6 Å². The van der Waals surface area contributed by atoms with Crippen LogP contribution < -0.4 is 10.6 Å². The number of carbonyl (C=O) groups excluding carboxylic acids is 3. The molecule has 1 aromatic rings. The number of halogens is 2. The number of ketones is 1. The summed E-state index contributed by atoms with van der Waals surface area (Å²) in [5.74, 6) is -2.42. The normalized spacial score (nSPS) is 17.8. The van der Waals surface area contributed by atoms with E-state index in [1.54, 1.807) is 0 Å². The van der Waals surface area contributed by atoms with Gasteiger partial charge in [0.2, 0.25) is 11.7 Å². The Morgan fingerprint density at radius 3 is 2.60 bits per heavy atom. The van der Waals surface area contributed by atoms with Gasteiger partial charge in [0.05, 0.1) is 10.7 Å². The zero-order valence-electron chi connectivity index (χ0n) is 9.61. The van der Waals surface area contributed by atoms with Gasteiger partial charge in [0.1, 0.15) is 4.32 Å². The molecule has 20 heavy (non-hydrogen) atoms. The Balaban J connectivity index is 2.10. The Kier molecular flexibility index (Phi) is 4.64. The van der Waals surface area contributed by atoms with Gasteiger partial charge in [-0.1, -0.05) is 47.2 Å². The van der Waals surface area contributed by atoms with E-state index in [1.807, 2.05) is 0 Å². The third-order valence-corrected chi connectivity index (χ3v) is 4.25. The molecule has 1 fully saturated rings. The van der Waals surface area contributed by atoms with Gasteiger partial charge in [-0.05, 0) is 18.2 Å². The minimum absolute atomic E-state index is 0.172. The van der Waals surface area contributed by atoms with Gasteiger partial charge < -0.3 is 10.6 Å². The van der Waals surface area contributed by atoms with Gasteiger partial charge in [0.25, 0.3) is 5.91 Å². The molecule has 1 aliphatic heterocycles. The molecule has 0 aliphatic carbocycles. The van der Waals surface area contributed by atoms with Crippen LogP contribution in [0.2, 0.25) is 10.0 Å². The second-order valence-electron chi connectivity index (χ2n) is 3.72. The second kappa shape index (κ2) is 6.09. The minimum Gasteiger partial charge on any atom is -0.318 e. The lowest BCUT2D eigenvalue weighted by Crippen LogP contribution is -2.37. The smallest absolute Gasteiger partial charge is 0.293 e. The maximum absolute atomic E-state index is 11.9. The van der Waals surface area contributed by atoms with Gasteiger partial charge in [-0.15, -0.1) is 0 Å². The summed E-state index contributed by atoms with van der Waals surface area (Å²) in [6, 6.07) is 4.40. The van der Waals surface area contributed by atoms with E-state index >= 15 is 0 Å². The van der Waals surface area contributed by atoms with Crippen LogP contribution in [0, 0.1) is 0 Å². The first-order chi connectivity index (χ1) is 9.38. The maximum Gasteiger partial charge on any atom is 0.293 e. The molecule has 2 rings (SSSR count). The van der Waals surface area contributed by atoms with Crippen molar-refractivity contribution in [2.24, 2.45) is 0 Å². The van der Waals surface area contributed by atoms with Crippen molar-refractivity contribution in [3.63, 3.8) is 0 Å². The standard InChI is InChI=1S/C11H6Cl2N2O3S2/c12-4-1-2-6(5(13)3-4)14-9(17)7(16)8-10(18)15-11(19)20-8/h1-3,8H,(H,14,17)(H,15,18,19)/t8-/m0/s1. The van der Waals surface area contributed by atoms with Crippen molar-refractivity contribution in [2.45, 2.75) is 5.25 Å². The first-order valence-corrected chi connectivity index (χ1v) is 7.24. The number of rotatable bonds is 3. The van der Waals surface area contributed by atoms with Crippen molar-refractivity contribution in [1.82, 2.24) is 5.32 Å². The molecule has 1 atom stereocenters. The molecule has 2 amide bonds. The van der Waals surface area contributed by atoms with Crippen LogP contribution in [-0.4, -0.2) is 27.2 Å². The first-order valence-electron chi connectivity index (χ1n) is 5.20. The second-order valence-corrected chi connectivity index (χ2v) is 6.34. The molecule has 5 nitrogen and oxygen atoms in total. The molecule has 0 aromatic heterocycles. The number of hydrogen-bond donors (Lipinski definition) is 2. The van der Waals surface area contributed by atoms with Gasteiger partial charge in [0.15, 0.2) is 5.25 Å². The summed E-state index contributed by atoms with van der Waals surface area (Å²) in [7, 11) is 0. The van der Waals surface area contributed by atoms with Crippen LogP contribution in [0.15, 0.2) is 18.2 Å². The first kappa shape index (κ1) is 15.2. The summed E-state index contributed by atoms with van der Waals surface area (Å²) >= 11 is 17.2. The lowest BCUT2D eigenvalue weighted by molar-refractivity contribution is -0.136. The van der Waals surface area contributed by atoms with Crippen LogP contribution in [0.4, 0.5) is 5.69 Å². The highest BCUT2D eigenvalue weighted by atomic mass is 35.5. The monoisotopic (exact) mass is 348 g/mol. The summed E-state index contributed by atoms with van der Waals surface area (Å²) in [5, 5.41) is 4.06. The number of thioether (sulfide) groups is 1. The molecule has 1 aromatic carbocycles. The van der Waals surface area contributed by atoms with Crippen LogP contribution in [-0.2, 0) is 14.4 Å². The summed E-state index contributed by atoms with van der Waals surface area (Å²) in [4.78, 5) is 35.1. The van der Waals surface area contributed by atoms with Crippen molar-refractivity contribution < 1.29 is 14.4 Å². The minimum atomic E-state index is -1.16. The lowest BCUT2D eigenvalue weighted by atomic mass is 10.2. The van der Waals surface area contributed by atoms with E-state index in [4.69, 9.17) is 35.4 Å². The van der Waals surface area contributed by atoms with Crippen LogP contribution in [0.25, 0.3) is 0 Å². The van der Waals surface area contributed by atoms with Crippen molar-refractivity contribution in [2.75, 3.05) is 5.32 Å². The quantitative estimate of drug-likeness (QED) is 0.496. The van der Waals surface area contributed by atoms with Crippen LogP contribution in [0.5, 0.6) is 0 Å². The summed E-state index contributed by atoms with van der Waals surface area (Å²) in [6.45, 7) is 0. The Bertz CT molecular complexity index is 636. The zero-order valence-corrected chi connectivity index (χ0v) is 12.8. The Morgan fingerprint density at radius 2 is 2.05 bits per heavy atom. The summed E-state index contributed by atoms with van der Waals surface area (Å²) in [6.07, 6.45) is 0. The summed E-state index contributed by atoms with van der Waals surface area (Å²) < 4.78 is 0.172. The van der Waals surface area contributed by atoms with E-state index in [1.165, 1.54) is 18.2 Å². The van der Waals surface area contributed by atoms with E-state index < -0.39 is 22.8 Å². The molecule has 0 unspecified atom stereocenters. The number of anilines is 1.